The second-order valence-corrected chi connectivity index (χ2v) is 4.51. The third-order valence-corrected chi connectivity index (χ3v) is 3.16. The summed E-state index contributed by atoms with van der Waals surface area (Å²) in [5, 5.41) is 0. The Hall–Kier alpha value is -1.13. The van der Waals surface area contributed by atoms with E-state index in [1.807, 2.05) is 19.3 Å². The molecule has 2 rings (SSSR count). The molecule has 0 aromatic carbocycles. The Labute approximate surface area is 97.1 Å². The van der Waals surface area contributed by atoms with Gasteiger partial charge in [-0.05, 0) is 20.0 Å². The molecule has 4 nitrogen and oxygen atoms in total. The summed E-state index contributed by atoms with van der Waals surface area (Å²) in [5.74, 6) is 0. The molecule has 88 valence electrons. The molecule has 4 heteroatoms. The first-order valence-corrected chi connectivity index (χ1v) is 5.81. The minimum atomic E-state index is 0.0448. The quantitative estimate of drug-likeness (QED) is 0.802. The predicted octanol–water partition coefficient (Wildman–Crippen LogP) is 0.853. The van der Waals surface area contributed by atoms with Gasteiger partial charge in [-0.15, -0.1) is 0 Å². The van der Waals surface area contributed by atoms with E-state index in [9.17, 15) is 0 Å². The van der Waals surface area contributed by atoms with Crippen molar-refractivity contribution >= 4 is 5.69 Å². The van der Waals surface area contributed by atoms with Gasteiger partial charge in [-0.3, -0.25) is 4.98 Å². The number of hydrogen-bond donors (Lipinski definition) is 1. The maximum atomic E-state index is 5.97. The largest absolute Gasteiger partial charge is 0.369 e. The predicted molar refractivity (Wildman–Crippen MR) is 66.5 cm³/mol. The smallest absolute Gasteiger partial charge is 0.0446 e. The fourth-order valence-electron chi connectivity index (χ4n) is 2.09. The van der Waals surface area contributed by atoms with Crippen LogP contribution in [0, 0.1) is 0 Å². The van der Waals surface area contributed by atoms with Crippen LogP contribution < -0.4 is 10.6 Å². The second-order valence-electron chi connectivity index (χ2n) is 4.51. The van der Waals surface area contributed by atoms with Gasteiger partial charge in [-0.25, -0.2) is 0 Å². The third kappa shape index (κ3) is 2.33. The third-order valence-electron chi connectivity index (χ3n) is 3.16. The van der Waals surface area contributed by atoms with Crippen LogP contribution in [-0.4, -0.2) is 43.1 Å². The average Bonchev–Trinajstić information content (AvgIpc) is 2.30. The molecule has 1 aromatic rings. The van der Waals surface area contributed by atoms with Crippen LogP contribution in [0.15, 0.2) is 18.5 Å². The highest BCUT2D eigenvalue weighted by atomic mass is 15.2. The standard InChI is InChI=1S/C12H20N4/c1-10(13)11-9-14-4-3-12(11)16-7-5-15(2)6-8-16/h3-4,9-10H,5-8,13H2,1-2H3. The molecule has 0 spiro atoms. The van der Waals surface area contributed by atoms with Crippen molar-refractivity contribution in [1.82, 2.24) is 9.88 Å². The summed E-state index contributed by atoms with van der Waals surface area (Å²) in [6.45, 7) is 6.37. The molecule has 2 N–H and O–H groups in total. The minimum absolute atomic E-state index is 0.0448. The van der Waals surface area contributed by atoms with Gasteiger partial charge >= 0.3 is 0 Å². The highest BCUT2D eigenvalue weighted by molar-refractivity contribution is 5.53. The molecule has 0 saturated carbocycles. The Bertz CT molecular complexity index is 343. The summed E-state index contributed by atoms with van der Waals surface area (Å²) in [6.07, 6.45) is 3.73. The van der Waals surface area contributed by atoms with Crippen molar-refractivity contribution < 1.29 is 0 Å². The fourth-order valence-corrected chi connectivity index (χ4v) is 2.09. The fraction of sp³-hybridized carbons (Fsp3) is 0.583. The highest BCUT2D eigenvalue weighted by Gasteiger charge is 2.17. The van der Waals surface area contributed by atoms with E-state index in [-0.39, 0.29) is 6.04 Å². The maximum Gasteiger partial charge on any atom is 0.0446 e. The number of nitrogens with zero attached hydrogens (tertiary/aromatic N) is 3. The summed E-state index contributed by atoms with van der Waals surface area (Å²) in [4.78, 5) is 8.91. The highest BCUT2D eigenvalue weighted by Crippen LogP contribution is 2.24. The molecule has 0 aliphatic carbocycles. The van der Waals surface area contributed by atoms with Gasteiger partial charge in [-0.2, -0.15) is 0 Å². The molecule has 1 unspecified atom stereocenters. The average molecular weight is 220 g/mol. The van der Waals surface area contributed by atoms with Crippen molar-refractivity contribution in [2.75, 3.05) is 38.1 Å². The summed E-state index contributed by atoms with van der Waals surface area (Å²) in [5.41, 5.74) is 8.37. The van der Waals surface area contributed by atoms with E-state index in [2.05, 4.69) is 27.9 Å². The van der Waals surface area contributed by atoms with Crippen molar-refractivity contribution in [2.24, 2.45) is 5.73 Å². The molecule has 0 amide bonds. The number of rotatable bonds is 2. The van der Waals surface area contributed by atoms with E-state index >= 15 is 0 Å². The molecule has 0 bridgehead atoms. The molecule has 0 radical (unpaired) electrons. The molecular formula is C12H20N4. The van der Waals surface area contributed by atoms with Crippen molar-refractivity contribution in [3.63, 3.8) is 0 Å². The first kappa shape index (κ1) is 11.4. The number of hydrogen-bond acceptors (Lipinski definition) is 4. The van der Waals surface area contributed by atoms with Crippen molar-refractivity contribution in [1.29, 1.82) is 0 Å². The minimum Gasteiger partial charge on any atom is -0.369 e. The van der Waals surface area contributed by atoms with E-state index in [4.69, 9.17) is 5.73 Å². The van der Waals surface area contributed by atoms with E-state index in [1.165, 1.54) is 5.69 Å². The number of anilines is 1. The zero-order valence-corrected chi connectivity index (χ0v) is 10.1. The van der Waals surface area contributed by atoms with Crippen molar-refractivity contribution in [3.05, 3.63) is 24.0 Å². The number of piperazine rings is 1. The zero-order chi connectivity index (χ0) is 11.5. The van der Waals surface area contributed by atoms with E-state index in [1.54, 1.807) is 0 Å². The monoisotopic (exact) mass is 220 g/mol. The van der Waals surface area contributed by atoms with Gasteiger partial charge in [0.2, 0.25) is 0 Å². The van der Waals surface area contributed by atoms with Crippen molar-refractivity contribution in [2.45, 2.75) is 13.0 Å². The lowest BCUT2D eigenvalue weighted by molar-refractivity contribution is 0.312. The van der Waals surface area contributed by atoms with Crippen molar-refractivity contribution in [3.8, 4) is 0 Å². The molecule has 1 saturated heterocycles. The Morgan fingerprint density at radius 1 is 1.31 bits per heavy atom. The molecule has 1 atom stereocenters. The van der Waals surface area contributed by atoms with Crippen LogP contribution in [0.4, 0.5) is 5.69 Å². The molecule has 1 fully saturated rings. The number of nitrogens with two attached hydrogens (primary N) is 1. The Morgan fingerprint density at radius 3 is 2.62 bits per heavy atom. The van der Waals surface area contributed by atoms with E-state index in [0.717, 1.165) is 31.7 Å². The molecule has 16 heavy (non-hydrogen) atoms. The summed E-state index contributed by atoms with van der Waals surface area (Å²) in [7, 11) is 2.16. The lowest BCUT2D eigenvalue weighted by Crippen LogP contribution is -2.45. The van der Waals surface area contributed by atoms with Gasteiger partial charge in [0.05, 0.1) is 0 Å². The molecular weight excluding hydrogens is 200 g/mol. The van der Waals surface area contributed by atoms with Gasteiger partial charge in [0.1, 0.15) is 0 Å². The molecule has 1 aromatic heterocycles. The van der Waals surface area contributed by atoms with Gasteiger partial charge in [0, 0.05) is 55.9 Å². The van der Waals surface area contributed by atoms with Gasteiger partial charge in [0.15, 0.2) is 0 Å². The summed E-state index contributed by atoms with van der Waals surface area (Å²) >= 11 is 0. The Morgan fingerprint density at radius 2 is 2.00 bits per heavy atom. The zero-order valence-electron chi connectivity index (χ0n) is 10.1. The van der Waals surface area contributed by atoms with E-state index in [0.29, 0.717) is 0 Å². The SMILES string of the molecule is CC(N)c1cnccc1N1CCN(C)CC1. The van der Waals surface area contributed by atoms with Gasteiger partial charge in [-0.1, -0.05) is 0 Å². The van der Waals surface area contributed by atoms with Crippen LogP contribution >= 0.6 is 0 Å². The van der Waals surface area contributed by atoms with Crippen LogP contribution in [0.5, 0.6) is 0 Å². The van der Waals surface area contributed by atoms with Gasteiger partial charge < -0.3 is 15.5 Å². The first-order valence-electron chi connectivity index (χ1n) is 5.81. The lowest BCUT2D eigenvalue weighted by atomic mass is 10.1. The lowest BCUT2D eigenvalue weighted by Gasteiger charge is -2.35. The summed E-state index contributed by atoms with van der Waals surface area (Å²) in [6, 6.07) is 2.12. The summed E-state index contributed by atoms with van der Waals surface area (Å²) < 4.78 is 0. The molecule has 1 aliphatic heterocycles. The normalized spacial score (nSPS) is 19.8. The van der Waals surface area contributed by atoms with Crippen LogP contribution in [-0.2, 0) is 0 Å². The van der Waals surface area contributed by atoms with Crippen LogP contribution in [0.1, 0.15) is 18.5 Å². The van der Waals surface area contributed by atoms with E-state index < -0.39 is 0 Å². The van der Waals surface area contributed by atoms with Crippen LogP contribution in [0.2, 0.25) is 0 Å². The van der Waals surface area contributed by atoms with Crippen LogP contribution in [0.3, 0.4) is 0 Å². The molecule has 2 heterocycles. The van der Waals surface area contributed by atoms with Crippen LogP contribution in [0.25, 0.3) is 0 Å². The first-order chi connectivity index (χ1) is 7.68. The Kier molecular flexibility index (Phi) is 3.41. The topological polar surface area (TPSA) is 45.4 Å². The van der Waals surface area contributed by atoms with Gasteiger partial charge in [0.25, 0.3) is 0 Å². The Balaban J connectivity index is 2.19. The number of pyridine rings is 1. The maximum absolute atomic E-state index is 5.97. The second kappa shape index (κ2) is 4.80. The number of aromatic nitrogens is 1. The number of likely N-dealkylation sites (N-methyl/N-ethyl adjacent to an activating group) is 1. The molecule has 1 aliphatic rings.